The van der Waals surface area contributed by atoms with E-state index in [0.29, 0.717) is 5.92 Å². The summed E-state index contributed by atoms with van der Waals surface area (Å²) in [6, 6.07) is 0. The Bertz CT molecular complexity index is 370. The summed E-state index contributed by atoms with van der Waals surface area (Å²) in [6.45, 7) is 11.3. The number of nitrogens with one attached hydrogen (secondary N) is 1. The van der Waals surface area contributed by atoms with E-state index in [-0.39, 0.29) is 0 Å². The molecule has 1 N–H and O–H groups in total. The summed E-state index contributed by atoms with van der Waals surface area (Å²) >= 11 is 0. The molecule has 0 aromatic carbocycles. The third kappa shape index (κ3) is 4.88. The van der Waals surface area contributed by atoms with Crippen molar-refractivity contribution in [2.45, 2.75) is 46.5 Å². The van der Waals surface area contributed by atoms with Gasteiger partial charge in [-0.05, 0) is 38.3 Å². The van der Waals surface area contributed by atoms with E-state index < -0.39 is 0 Å². The molecule has 0 aliphatic rings. The second-order valence-electron chi connectivity index (χ2n) is 5.03. The molecular weight excluding hydrogens is 238 g/mol. The number of likely N-dealkylation sites (N-methyl/N-ethyl adjacent to an activating group) is 1. The lowest BCUT2D eigenvalue weighted by molar-refractivity contribution is 0.194. The van der Waals surface area contributed by atoms with Crippen LogP contribution in [0.5, 0.6) is 0 Å². The van der Waals surface area contributed by atoms with Crippen LogP contribution in [0.2, 0.25) is 0 Å². The molecule has 0 radical (unpaired) electrons. The fourth-order valence-corrected chi connectivity index (χ4v) is 2.46. The maximum atomic E-state index is 5.07. The van der Waals surface area contributed by atoms with E-state index in [9.17, 15) is 0 Å². The summed E-state index contributed by atoms with van der Waals surface area (Å²) in [6.07, 6.45) is 1.86. The predicted molar refractivity (Wildman–Crippen MR) is 78.7 cm³/mol. The average molecular weight is 265 g/mol. The Labute approximate surface area is 117 Å². The van der Waals surface area contributed by atoms with Crippen LogP contribution in [0.25, 0.3) is 0 Å². The highest BCUT2D eigenvalue weighted by Gasteiger charge is 2.14. The third-order valence-corrected chi connectivity index (χ3v) is 3.32. The van der Waals surface area contributed by atoms with Gasteiger partial charge in [0, 0.05) is 38.1 Å². The summed E-state index contributed by atoms with van der Waals surface area (Å²) in [4.78, 5) is 9.28. The summed E-state index contributed by atoms with van der Waals surface area (Å²) in [7, 11) is 1.73. The van der Waals surface area contributed by atoms with Crippen LogP contribution < -0.4 is 5.32 Å². The van der Waals surface area contributed by atoms with E-state index in [0.717, 1.165) is 49.8 Å². The summed E-state index contributed by atoms with van der Waals surface area (Å²) in [5.41, 5.74) is 3.52. The lowest BCUT2D eigenvalue weighted by atomic mass is 9.98. The fourth-order valence-electron chi connectivity index (χ4n) is 2.46. The van der Waals surface area contributed by atoms with Crippen molar-refractivity contribution >= 4 is 0 Å². The van der Waals surface area contributed by atoms with Gasteiger partial charge in [-0.15, -0.1) is 0 Å². The largest absolute Gasteiger partial charge is 0.385 e. The molecule has 1 heterocycles. The Hall–Kier alpha value is -1.00. The Morgan fingerprint density at radius 2 is 1.84 bits per heavy atom. The van der Waals surface area contributed by atoms with Gasteiger partial charge in [-0.25, -0.2) is 9.97 Å². The van der Waals surface area contributed by atoms with Crippen molar-refractivity contribution in [2.24, 2.45) is 0 Å². The normalized spacial score (nSPS) is 12.7. The zero-order chi connectivity index (χ0) is 14.3. The monoisotopic (exact) mass is 265 g/mol. The van der Waals surface area contributed by atoms with Gasteiger partial charge in [-0.1, -0.05) is 13.8 Å². The average Bonchev–Trinajstić information content (AvgIpc) is 2.36. The number of aromatic nitrogens is 2. The number of aryl methyl sites for hydroxylation is 3. The van der Waals surface area contributed by atoms with Crippen molar-refractivity contribution in [3.63, 3.8) is 0 Å². The van der Waals surface area contributed by atoms with Crippen LogP contribution >= 0.6 is 0 Å². The van der Waals surface area contributed by atoms with Crippen molar-refractivity contribution < 1.29 is 4.74 Å². The molecule has 0 aliphatic carbocycles. The molecule has 1 rings (SSSR count). The van der Waals surface area contributed by atoms with Crippen molar-refractivity contribution in [1.29, 1.82) is 0 Å². The molecule has 1 aromatic heterocycles. The molecule has 19 heavy (non-hydrogen) atoms. The lowest BCUT2D eigenvalue weighted by Crippen LogP contribution is -2.21. The van der Waals surface area contributed by atoms with Crippen LogP contribution in [-0.4, -0.2) is 36.8 Å². The van der Waals surface area contributed by atoms with Gasteiger partial charge in [0.25, 0.3) is 0 Å². The van der Waals surface area contributed by atoms with Crippen LogP contribution in [0.4, 0.5) is 0 Å². The summed E-state index contributed by atoms with van der Waals surface area (Å²) in [5.74, 6) is 1.39. The Morgan fingerprint density at radius 3 is 2.37 bits per heavy atom. The Kier molecular flexibility index (Phi) is 6.95. The molecule has 108 valence electrons. The first kappa shape index (κ1) is 16.1. The smallest absolute Gasteiger partial charge is 0.128 e. The molecule has 4 nitrogen and oxygen atoms in total. The fraction of sp³-hybridized carbons (Fsp3) is 0.733. The van der Waals surface area contributed by atoms with Gasteiger partial charge in [0.2, 0.25) is 0 Å². The zero-order valence-corrected chi connectivity index (χ0v) is 12.9. The third-order valence-electron chi connectivity index (χ3n) is 3.32. The molecule has 0 spiro atoms. The van der Waals surface area contributed by atoms with Crippen molar-refractivity contribution in [1.82, 2.24) is 15.3 Å². The number of hydrogen-bond acceptors (Lipinski definition) is 4. The molecule has 4 heteroatoms. The minimum atomic E-state index is 0.452. The number of hydrogen-bond donors (Lipinski definition) is 1. The van der Waals surface area contributed by atoms with Crippen LogP contribution in [0.3, 0.4) is 0 Å². The highest BCUT2D eigenvalue weighted by Crippen LogP contribution is 2.21. The molecule has 0 saturated heterocycles. The quantitative estimate of drug-likeness (QED) is 0.733. The molecule has 0 saturated carbocycles. The van der Waals surface area contributed by atoms with Gasteiger partial charge >= 0.3 is 0 Å². The first-order valence-corrected chi connectivity index (χ1v) is 7.13. The van der Waals surface area contributed by atoms with Crippen LogP contribution in [0, 0.1) is 13.8 Å². The first-order chi connectivity index (χ1) is 9.10. The molecule has 0 aliphatic heterocycles. The van der Waals surface area contributed by atoms with Gasteiger partial charge in [0.15, 0.2) is 0 Å². The van der Waals surface area contributed by atoms with Crippen molar-refractivity contribution in [2.75, 3.05) is 26.8 Å². The second-order valence-corrected chi connectivity index (χ2v) is 5.03. The molecule has 1 aromatic rings. The molecule has 1 unspecified atom stereocenters. The topological polar surface area (TPSA) is 47.0 Å². The maximum Gasteiger partial charge on any atom is 0.128 e. The number of rotatable bonds is 8. The van der Waals surface area contributed by atoms with Gasteiger partial charge in [0.05, 0.1) is 0 Å². The highest BCUT2D eigenvalue weighted by atomic mass is 16.5. The van der Waals surface area contributed by atoms with Gasteiger partial charge in [-0.2, -0.15) is 0 Å². The molecular formula is C15H27N3O. The molecule has 1 atom stereocenters. The summed E-state index contributed by atoms with van der Waals surface area (Å²) < 4.78 is 5.07. The predicted octanol–water partition coefficient (Wildman–Crippen LogP) is 2.39. The van der Waals surface area contributed by atoms with Crippen LogP contribution in [-0.2, 0) is 11.2 Å². The highest BCUT2D eigenvalue weighted by molar-refractivity contribution is 5.28. The SMILES string of the molecule is CCNCC(C)c1c(C)nc(CCCOC)nc1C. The molecule has 0 fully saturated rings. The number of methoxy groups -OCH3 is 1. The van der Waals surface area contributed by atoms with Crippen molar-refractivity contribution in [3.8, 4) is 0 Å². The van der Waals surface area contributed by atoms with E-state index in [1.54, 1.807) is 7.11 Å². The minimum Gasteiger partial charge on any atom is -0.385 e. The lowest BCUT2D eigenvalue weighted by Gasteiger charge is -2.17. The van der Waals surface area contributed by atoms with Crippen LogP contribution in [0.1, 0.15) is 49.0 Å². The van der Waals surface area contributed by atoms with Crippen molar-refractivity contribution in [3.05, 3.63) is 22.8 Å². The van der Waals surface area contributed by atoms with E-state index in [2.05, 4.69) is 43.0 Å². The van der Waals surface area contributed by atoms with E-state index in [4.69, 9.17) is 4.74 Å². The van der Waals surface area contributed by atoms with Gasteiger partial charge < -0.3 is 10.1 Å². The van der Waals surface area contributed by atoms with E-state index in [1.807, 2.05) is 0 Å². The number of nitrogens with zero attached hydrogens (tertiary/aromatic N) is 2. The molecule has 0 amide bonds. The molecule has 0 bridgehead atoms. The first-order valence-electron chi connectivity index (χ1n) is 7.13. The summed E-state index contributed by atoms with van der Waals surface area (Å²) in [5, 5.41) is 3.39. The van der Waals surface area contributed by atoms with Gasteiger partial charge in [0.1, 0.15) is 5.82 Å². The Morgan fingerprint density at radius 1 is 1.21 bits per heavy atom. The maximum absolute atomic E-state index is 5.07. The number of ether oxygens (including phenoxy) is 1. The standard InChI is InChI=1S/C15H27N3O/c1-6-16-10-11(2)15-12(3)17-14(18-13(15)4)8-7-9-19-5/h11,16H,6-10H2,1-5H3. The Balaban J connectivity index is 2.78. The van der Waals surface area contributed by atoms with Gasteiger partial charge in [-0.3, -0.25) is 0 Å². The minimum absolute atomic E-state index is 0.452. The van der Waals surface area contributed by atoms with E-state index in [1.165, 1.54) is 5.56 Å². The van der Waals surface area contributed by atoms with Crippen LogP contribution in [0.15, 0.2) is 0 Å². The zero-order valence-electron chi connectivity index (χ0n) is 12.9. The van der Waals surface area contributed by atoms with E-state index >= 15 is 0 Å². The second kappa shape index (κ2) is 8.23.